The molecule has 1 rings (SSSR count). The monoisotopic (exact) mass is 336 g/mol. The Labute approximate surface area is 140 Å². The summed E-state index contributed by atoms with van der Waals surface area (Å²) in [5.74, 6) is 0. The molecule has 0 aliphatic heterocycles. The van der Waals surface area contributed by atoms with Crippen LogP contribution in [0.3, 0.4) is 0 Å². The Kier molecular flexibility index (Phi) is 9.16. The van der Waals surface area contributed by atoms with Gasteiger partial charge in [-0.3, -0.25) is 4.57 Å². The van der Waals surface area contributed by atoms with Crippen LogP contribution >= 0.6 is 7.60 Å². The predicted molar refractivity (Wildman–Crippen MR) is 99.5 cm³/mol. The quantitative estimate of drug-likeness (QED) is 0.341. The van der Waals surface area contributed by atoms with E-state index in [9.17, 15) is 4.57 Å². The molecule has 0 unspecified atom stereocenters. The molecule has 0 saturated heterocycles. The van der Waals surface area contributed by atoms with E-state index in [-0.39, 0.29) is 0 Å². The molecule has 0 spiro atoms. The first-order valence-electron chi connectivity index (χ1n) is 8.44. The Morgan fingerprint density at radius 3 is 2.17 bits per heavy atom. The minimum atomic E-state index is -3.29. The lowest BCUT2D eigenvalue weighted by atomic mass is 10.1. The molecule has 0 heterocycles. The zero-order chi connectivity index (χ0) is 17.1. The van der Waals surface area contributed by atoms with E-state index in [0.29, 0.717) is 18.5 Å². The van der Waals surface area contributed by atoms with E-state index in [0.717, 1.165) is 36.8 Å². The summed E-state index contributed by atoms with van der Waals surface area (Å²) in [6, 6.07) is 7.83. The van der Waals surface area contributed by atoms with Crippen LogP contribution in [0.15, 0.2) is 36.9 Å². The molecule has 0 aromatic heterocycles. The third-order valence-corrected chi connectivity index (χ3v) is 5.71. The number of unbranched alkanes of at least 4 members (excludes halogenated alkanes) is 3. The lowest BCUT2D eigenvalue weighted by Crippen LogP contribution is -1.99. The number of benzene rings is 1. The second kappa shape index (κ2) is 10.6. The molecular formula is C19H29O3P. The normalized spacial score (nSPS) is 12.4. The van der Waals surface area contributed by atoms with Crippen molar-refractivity contribution >= 4 is 19.0 Å². The van der Waals surface area contributed by atoms with Crippen molar-refractivity contribution in [2.24, 2.45) is 0 Å². The second-order valence-corrected chi connectivity index (χ2v) is 7.24. The standard InChI is InChI=1S/C19H29O3P/c1-5-9-10-11-12-19(23(20,21-7-3)22-8-4)18-15-13-17(6-2)14-16-18/h6,12-16H,2,5,7-11H2,1,3-4H3/b19-12-. The summed E-state index contributed by atoms with van der Waals surface area (Å²) in [6.45, 7) is 10.3. The number of rotatable bonds is 11. The average molecular weight is 336 g/mol. The maximum atomic E-state index is 13.2. The predicted octanol–water partition coefficient (Wildman–Crippen LogP) is 6.52. The van der Waals surface area contributed by atoms with E-state index >= 15 is 0 Å². The molecule has 0 bridgehead atoms. The van der Waals surface area contributed by atoms with Gasteiger partial charge in [-0.2, -0.15) is 0 Å². The van der Waals surface area contributed by atoms with Crippen LogP contribution < -0.4 is 0 Å². The van der Waals surface area contributed by atoms with Gasteiger partial charge in [-0.1, -0.05) is 62.8 Å². The van der Waals surface area contributed by atoms with Crippen molar-refractivity contribution in [3.05, 3.63) is 48.0 Å². The average Bonchev–Trinajstić information content (AvgIpc) is 2.55. The minimum Gasteiger partial charge on any atom is -0.305 e. The summed E-state index contributed by atoms with van der Waals surface area (Å²) < 4.78 is 24.3. The topological polar surface area (TPSA) is 35.5 Å². The maximum Gasteiger partial charge on any atom is 0.361 e. The molecule has 1 aromatic rings. The van der Waals surface area contributed by atoms with Gasteiger partial charge in [-0.05, 0) is 37.8 Å². The molecular weight excluding hydrogens is 307 g/mol. The molecule has 128 valence electrons. The smallest absolute Gasteiger partial charge is 0.305 e. The fourth-order valence-corrected chi connectivity index (χ4v) is 4.18. The third-order valence-electron chi connectivity index (χ3n) is 3.48. The van der Waals surface area contributed by atoms with Gasteiger partial charge in [0.15, 0.2) is 0 Å². The third kappa shape index (κ3) is 6.10. The van der Waals surface area contributed by atoms with Gasteiger partial charge in [0.05, 0.1) is 18.5 Å². The summed E-state index contributed by atoms with van der Waals surface area (Å²) in [6.07, 6.45) is 8.07. The maximum absolute atomic E-state index is 13.2. The van der Waals surface area contributed by atoms with Crippen LogP contribution in [0.5, 0.6) is 0 Å². The fraction of sp³-hybridized carbons (Fsp3) is 0.474. The lowest BCUT2D eigenvalue weighted by Gasteiger charge is -2.20. The van der Waals surface area contributed by atoms with Gasteiger partial charge < -0.3 is 9.05 Å². The Balaban J connectivity index is 3.17. The molecule has 0 radical (unpaired) electrons. The van der Waals surface area contributed by atoms with E-state index in [1.807, 2.05) is 44.2 Å². The molecule has 0 aliphatic carbocycles. The van der Waals surface area contributed by atoms with E-state index < -0.39 is 7.60 Å². The Bertz CT molecular complexity index is 536. The van der Waals surface area contributed by atoms with Gasteiger partial charge in [0, 0.05) is 0 Å². The largest absolute Gasteiger partial charge is 0.361 e. The Hall–Kier alpha value is -1.15. The summed E-state index contributed by atoms with van der Waals surface area (Å²) in [4.78, 5) is 0. The first-order chi connectivity index (χ1) is 11.1. The molecule has 23 heavy (non-hydrogen) atoms. The van der Waals surface area contributed by atoms with Gasteiger partial charge in [-0.25, -0.2) is 0 Å². The van der Waals surface area contributed by atoms with Crippen LogP contribution in [0.1, 0.15) is 57.6 Å². The van der Waals surface area contributed by atoms with Crippen molar-refractivity contribution in [1.82, 2.24) is 0 Å². The molecule has 0 N–H and O–H groups in total. The highest BCUT2D eigenvalue weighted by atomic mass is 31.2. The first-order valence-corrected chi connectivity index (χ1v) is 9.98. The van der Waals surface area contributed by atoms with Crippen LogP contribution in [0.4, 0.5) is 0 Å². The summed E-state index contributed by atoms with van der Waals surface area (Å²) in [5.41, 5.74) is 1.92. The second-order valence-electron chi connectivity index (χ2n) is 5.24. The van der Waals surface area contributed by atoms with Gasteiger partial charge in [0.25, 0.3) is 0 Å². The van der Waals surface area contributed by atoms with Crippen LogP contribution in [-0.4, -0.2) is 13.2 Å². The fourth-order valence-electron chi connectivity index (χ4n) is 2.33. The van der Waals surface area contributed by atoms with Crippen molar-refractivity contribution < 1.29 is 13.6 Å². The Morgan fingerprint density at radius 1 is 1.09 bits per heavy atom. The summed E-state index contributed by atoms with van der Waals surface area (Å²) in [5, 5.41) is 0.674. The van der Waals surface area contributed by atoms with E-state index in [4.69, 9.17) is 9.05 Å². The van der Waals surface area contributed by atoms with E-state index in [1.165, 1.54) is 0 Å². The highest BCUT2D eigenvalue weighted by Crippen LogP contribution is 2.60. The van der Waals surface area contributed by atoms with Crippen LogP contribution in [0.2, 0.25) is 0 Å². The van der Waals surface area contributed by atoms with Gasteiger partial charge in [0.2, 0.25) is 0 Å². The molecule has 0 amide bonds. The first kappa shape index (κ1) is 19.9. The molecule has 0 atom stereocenters. The molecule has 0 fully saturated rings. The van der Waals surface area contributed by atoms with Crippen LogP contribution in [0.25, 0.3) is 11.4 Å². The zero-order valence-electron chi connectivity index (χ0n) is 14.6. The highest BCUT2D eigenvalue weighted by Gasteiger charge is 2.30. The Morgan fingerprint density at radius 2 is 1.70 bits per heavy atom. The lowest BCUT2D eigenvalue weighted by molar-refractivity contribution is 0.230. The van der Waals surface area contributed by atoms with Gasteiger partial charge in [0.1, 0.15) is 0 Å². The van der Waals surface area contributed by atoms with E-state index in [2.05, 4.69) is 13.5 Å². The van der Waals surface area contributed by atoms with Crippen molar-refractivity contribution in [3.63, 3.8) is 0 Å². The van der Waals surface area contributed by atoms with Gasteiger partial charge >= 0.3 is 7.60 Å². The molecule has 0 aliphatic rings. The van der Waals surface area contributed by atoms with Crippen molar-refractivity contribution in [3.8, 4) is 0 Å². The van der Waals surface area contributed by atoms with Crippen LogP contribution in [-0.2, 0) is 13.6 Å². The van der Waals surface area contributed by atoms with Crippen molar-refractivity contribution in [2.45, 2.75) is 46.5 Å². The highest BCUT2D eigenvalue weighted by molar-refractivity contribution is 7.65. The summed E-state index contributed by atoms with van der Waals surface area (Å²) in [7, 11) is -3.29. The van der Waals surface area contributed by atoms with E-state index in [1.54, 1.807) is 6.08 Å². The molecule has 4 heteroatoms. The number of allylic oxidation sites excluding steroid dienone is 1. The number of hydrogen-bond acceptors (Lipinski definition) is 3. The zero-order valence-corrected chi connectivity index (χ0v) is 15.5. The molecule has 1 aromatic carbocycles. The molecule has 3 nitrogen and oxygen atoms in total. The molecule has 0 saturated carbocycles. The van der Waals surface area contributed by atoms with Crippen molar-refractivity contribution in [2.75, 3.05) is 13.2 Å². The number of hydrogen-bond donors (Lipinski definition) is 0. The SMILES string of the molecule is C=Cc1ccc(/C(=C/CCCCC)P(=O)(OCC)OCC)cc1. The minimum absolute atomic E-state index is 0.355. The van der Waals surface area contributed by atoms with Crippen LogP contribution in [0, 0.1) is 0 Å². The van der Waals surface area contributed by atoms with Crippen molar-refractivity contribution in [1.29, 1.82) is 0 Å². The summed E-state index contributed by atoms with van der Waals surface area (Å²) >= 11 is 0. The van der Waals surface area contributed by atoms with Gasteiger partial charge in [-0.15, -0.1) is 0 Å².